The van der Waals surface area contributed by atoms with Crippen molar-refractivity contribution in [1.82, 2.24) is 5.32 Å². The highest BCUT2D eigenvalue weighted by atomic mass is 16.4. The molecule has 0 atom stereocenters. The van der Waals surface area contributed by atoms with Crippen LogP contribution in [0.4, 0.5) is 0 Å². The van der Waals surface area contributed by atoms with Crippen LogP contribution in [0.5, 0.6) is 0 Å². The number of carbonyl (C=O) groups is 1. The summed E-state index contributed by atoms with van der Waals surface area (Å²) < 4.78 is 0. The molecule has 104 valence electrons. The predicted octanol–water partition coefficient (Wildman–Crippen LogP) is 1.81. The predicted molar refractivity (Wildman–Crippen MR) is 75.4 cm³/mol. The van der Waals surface area contributed by atoms with Crippen molar-refractivity contribution in [3.05, 3.63) is 34.9 Å². The maximum Gasteiger partial charge on any atom is 0.251 e. The zero-order valence-electron chi connectivity index (χ0n) is 11.8. The molecular weight excluding hydrogens is 242 g/mol. The second kappa shape index (κ2) is 5.73. The number of rotatable bonds is 4. The molecule has 1 aromatic rings. The number of hydrogen-bond acceptors (Lipinski definition) is 3. The van der Waals surface area contributed by atoms with Crippen molar-refractivity contribution >= 4 is 11.7 Å². The molecule has 0 aromatic heterocycles. The Morgan fingerprint density at radius 2 is 2.05 bits per heavy atom. The quantitative estimate of drug-likeness (QED) is 0.335. The van der Waals surface area contributed by atoms with E-state index >= 15 is 0 Å². The minimum absolute atomic E-state index is 0.0911. The van der Waals surface area contributed by atoms with Crippen molar-refractivity contribution in [2.24, 2.45) is 16.3 Å². The van der Waals surface area contributed by atoms with Gasteiger partial charge in [0, 0.05) is 17.5 Å². The maximum absolute atomic E-state index is 12.1. The molecule has 0 fully saturated rings. The molecule has 0 aliphatic carbocycles. The Labute approximate surface area is 113 Å². The monoisotopic (exact) mass is 263 g/mol. The fraction of sp³-hybridized carbons (Fsp3) is 0.429. The summed E-state index contributed by atoms with van der Waals surface area (Å²) in [4.78, 5) is 12.1. The summed E-state index contributed by atoms with van der Waals surface area (Å²) >= 11 is 0. The zero-order chi connectivity index (χ0) is 14.6. The molecule has 0 saturated carbocycles. The van der Waals surface area contributed by atoms with Crippen LogP contribution in [-0.2, 0) is 0 Å². The van der Waals surface area contributed by atoms with Gasteiger partial charge in [-0.3, -0.25) is 4.79 Å². The lowest BCUT2D eigenvalue weighted by Gasteiger charge is -2.23. The fourth-order valence-electron chi connectivity index (χ4n) is 1.69. The zero-order valence-corrected chi connectivity index (χ0v) is 11.8. The lowest BCUT2D eigenvalue weighted by atomic mass is 9.92. The van der Waals surface area contributed by atoms with Gasteiger partial charge >= 0.3 is 0 Å². The van der Waals surface area contributed by atoms with Gasteiger partial charge in [-0.25, -0.2) is 0 Å². The summed E-state index contributed by atoms with van der Waals surface area (Å²) in [5, 5.41) is 14.5. The Kier molecular flexibility index (Phi) is 4.53. The number of hydrogen-bond donors (Lipinski definition) is 3. The second-order valence-corrected chi connectivity index (χ2v) is 5.37. The highest BCUT2D eigenvalue weighted by Crippen LogP contribution is 2.15. The van der Waals surface area contributed by atoms with E-state index in [1.54, 1.807) is 19.9 Å². The van der Waals surface area contributed by atoms with Crippen LogP contribution in [0, 0.1) is 19.3 Å². The number of nitrogens with two attached hydrogens (primary N) is 1. The first kappa shape index (κ1) is 15.0. The third-order valence-electron chi connectivity index (χ3n) is 3.12. The molecule has 19 heavy (non-hydrogen) atoms. The molecule has 5 nitrogen and oxygen atoms in total. The van der Waals surface area contributed by atoms with E-state index in [2.05, 4.69) is 10.5 Å². The number of carbonyl (C=O) groups excluding carboxylic acids is 1. The van der Waals surface area contributed by atoms with Gasteiger partial charge in [-0.15, -0.1) is 0 Å². The van der Waals surface area contributed by atoms with Gasteiger partial charge in [0.05, 0.1) is 0 Å². The Bertz CT molecular complexity index is 507. The van der Waals surface area contributed by atoms with Crippen molar-refractivity contribution in [1.29, 1.82) is 0 Å². The third kappa shape index (κ3) is 3.71. The number of nitrogens with zero attached hydrogens (tertiary/aromatic N) is 1. The largest absolute Gasteiger partial charge is 0.409 e. The van der Waals surface area contributed by atoms with E-state index in [0.29, 0.717) is 12.1 Å². The van der Waals surface area contributed by atoms with Crippen LogP contribution in [0.3, 0.4) is 0 Å². The maximum atomic E-state index is 12.1. The van der Waals surface area contributed by atoms with Crippen molar-refractivity contribution < 1.29 is 10.0 Å². The van der Waals surface area contributed by atoms with E-state index in [1.165, 1.54) is 0 Å². The molecule has 1 rings (SSSR count). The second-order valence-electron chi connectivity index (χ2n) is 5.37. The average molecular weight is 263 g/mol. The van der Waals surface area contributed by atoms with E-state index < -0.39 is 5.41 Å². The highest BCUT2D eigenvalue weighted by Gasteiger charge is 2.24. The lowest BCUT2D eigenvalue weighted by Crippen LogP contribution is -2.42. The number of amidine groups is 1. The summed E-state index contributed by atoms with van der Waals surface area (Å²) in [6.45, 7) is 7.77. The van der Waals surface area contributed by atoms with E-state index in [9.17, 15) is 4.79 Å². The van der Waals surface area contributed by atoms with Gasteiger partial charge in [0.1, 0.15) is 5.84 Å². The first-order chi connectivity index (χ1) is 8.77. The van der Waals surface area contributed by atoms with Crippen LogP contribution in [0.15, 0.2) is 23.4 Å². The summed E-state index contributed by atoms with van der Waals surface area (Å²) in [7, 11) is 0. The van der Waals surface area contributed by atoms with Gasteiger partial charge in [-0.1, -0.05) is 36.7 Å². The van der Waals surface area contributed by atoms with Gasteiger partial charge < -0.3 is 16.3 Å². The van der Waals surface area contributed by atoms with Crippen LogP contribution in [0.1, 0.15) is 35.3 Å². The Morgan fingerprint density at radius 1 is 1.42 bits per heavy atom. The van der Waals surface area contributed by atoms with E-state index in [4.69, 9.17) is 10.9 Å². The molecule has 1 amide bonds. The first-order valence-electron chi connectivity index (χ1n) is 6.11. The summed E-state index contributed by atoms with van der Waals surface area (Å²) in [6.07, 6.45) is 0. The minimum atomic E-state index is -0.594. The number of benzene rings is 1. The molecule has 5 heteroatoms. The Balaban J connectivity index is 2.76. The van der Waals surface area contributed by atoms with E-state index in [0.717, 1.165) is 11.1 Å². The van der Waals surface area contributed by atoms with Gasteiger partial charge in [-0.05, 0) is 25.5 Å². The lowest BCUT2D eigenvalue weighted by molar-refractivity contribution is 0.0943. The van der Waals surface area contributed by atoms with Gasteiger partial charge in [-0.2, -0.15) is 0 Å². The summed E-state index contributed by atoms with van der Waals surface area (Å²) in [5.41, 5.74) is 7.67. The number of nitrogens with one attached hydrogen (secondary N) is 1. The number of oxime groups is 1. The van der Waals surface area contributed by atoms with Crippen LogP contribution in [0.25, 0.3) is 0 Å². The number of aryl methyl sites for hydroxylation is 2. The van der Waals surface area contributed by atoms with Gasteiger partial charge in [0.2, 0.25) is 0 Å². The molecule has 0 heterocycles. The normalized spacial score (nSPS) is 12.3. The Hall–Kier alpha value is -2.04. The smallest absolute Gasteiger partial charge is 0.251 e. The first-order valence-corrected chi connectivity index (χ1v) is 6.11. The summed E-state index contributed by atoms with van der Waals surface area (Å²) in [6, 6.07) is 5.66. The highest BCUT2D eigenvalue weighted by molar-refractivity contribution is 5.96. The van der Waals surface area contributed by atoms with E-state index in [-0.39, 0.29) is 11.7 Å². The van der Waals surface area contributed by atoms with Crippen molar-refractivity contribution in [2.75, 3.05) is 6.54 Å². The van der Waals surface area contributed by atoms with Gasteiger partial charge in [0.25, 0.3) is 5.91 Å². The fourth-order valence-corrected chi connectivity index (χ4v) is 1.69. The van der Waals surface area contributed by atoms with E-state index in [1.807, 2.05) is 26.0 Å². The standard InChI is InChI=1S/C14H21N3O2/c1-9-5-6-11(10(2)7-9)12(18)16-8-14(3,4)13(15)17-19/h5-7,19H,8H2,1-4H3,(H2,15,17)(H,16,18). The molecule has 0 unspecified atom stereocenters. The molecule has 0 aliphatic rings. The molecule has 0 aliphatic heterocycles. The van der Waals surface area contributed by atoms with Crippen LogP contribution < -0.4 is 11.1 Å². The molecule has 0 bridgehead atoms. The van der Waals surface area contributed by atoms with Crippen molar-refractivity contribution in [3.63, 3.8) is 0 Å². The number of amides is 1. The van der Waals surface area contributed by atoms with Crippen LogP contribution in [-0.4, -0.2) is 23.5 Å². The SMILES string of the molecule is Cc1ccc(C(=O)NCC(C)(C)/C(N)=N/O)c(C)c1. The third-order valence-corrected chi connectivity index (χ3v) is 3.12. The average Bonchev–Trinajstić information content (AvgIpc) is 2.35. The molecule has 0 radical (unpaired) electrons. The summed E-state index contributed by atoms with van der Waals surface area (Å²) in [5.74, 6) is -0.0651. The molecule has 0 spiro atoms. The Morgan fingerprint density at radius 3 is 2.58 bits per heavy atom. The topological polar surface area (TPSA) is 87.7 Å². The molecule has 0 saturated heterocycles. The van der Waals surface area contributed by atoms with Gasteiger partial charge in [0.15, 0.2) is 0 Å². The van der Waals surface area contributed by atoms with Crippen LogP contribution in [0.2, 0.25) is 0 Å². The van der Waals surface area contributed by atoms with Crippen molar-refractivity contribution in [3.8, 4) is 0 Å². The minimum Gasteiger partial charge on any atom is -0.409 e. The molecule has 1 aromatic carbocycles. The molecular formula is C14H21N3O2. The van der Waals surface area contributed by atoms with Crippen molar-refractivity contribution in [2.45, 2.75) is 27.7 Å². The molecule has 4 N–H and O–H groups in total. The van der Waals surface area contributed by atoms with Crippen LogP contribution >= 0.6 is 0 Å².